The average molecular weight is 344 g/mol. The lowest BCUT2D eigenvalue weighted by atomic mass is 10.2. The second kappa shape index (κ2) is 5.34. The highest BCUT2D eigenvalue weighted by atomic mass is 79.9. The van der Waals surface area contributed by atoms with Crippen molar-refractivity contribution in [2.45, 2.75) is 25.3 Å². The first-order valence-electron chi connectivity index (χ1n) is 5.75. The van der Waals surface area contributed by atoms with Gasteiger partial charge in [-0.2, -0.15) is 5.10 Å². The summed E-state index contributed by atoms with van der Waals surface area (Å²) in [5.74, 6) is 0.323. The summed E-state index contributed by atoms with van der Waals surface area (Å²) in [7, 11) is -3.60. The average Bonchev–Trinajstić information content (AvgIpc) is 2.75. The summed E-state index contributed by atoms with van der Waals surface area (Å²) in [6.45, 7) is 4.38. The van der Waals surface area contributed by atoms with E-state index in [4.69, 9.17) is 0 Å². The molecule has 1 N–H and O–H groups in total. The number of benzene rings is 1. The van der Waals surface area contributed by atoms with E-state index in [-0.39, 0.29) is 4.90 Å². The fraction of sp³-hybridized carbons (Fsp3) is 0.250. The summed E-state index contributed by atoms with van der Waals surface area (Å²) < 4.78 is 29.5. The van der Waals surface area contributed by atoms with Crippen LogP contribution in [-0.2, 0) is 16.6 Å². The second-order valence-electron chi connectivity index (χ2n) is 4.07. The molecular weight excluding hydrogens is 330 g/mol. The van der Waals surface area contributed by atoms with E-state index in [9.17, 15) is 8.42 Å². The topological polar surface area (TPSA) is 64.0 Å². The standard InChI is InChI=1S/C12H14BrN3O2S/c1-3-16-7-6-12(14-16)15-19(17,18)11-5-4-10(13)8-9(11)2/h4-8H,3H2,1-2H3,(H,14,15). The lowest BCUT2D eigenvalue weighted by Gasteiger charge is -2.08. The van der Waals surface area contributed by atoms with Crippen molar-refractivity contribution in [3.05, 3.63) is 40.5 Å². The molecular formula is C12H14BrN3O2S. The summed E-state index contributed by atoms with van der Waals surface area (Å²) in [6.07, 6.45) is 1.73. The molecule has 0 atom stereocenters. The number of aryl methyl sites for hydroxylation is 2. The molecule has 0 unspecified atom stereocenters. The van der Waals surface area contributed by atoms with Gasteiger partial charge in [0.2, 0.25) is 0 Å². The molecule has 1 aromatic heterocycles. The summed E-state index contributed by atoms with van der Waals surface area (Å²) in [6, 6.07) is 6.67. The van der Waals surface area contributed by atoms with Crippen LogP contribution in [0.4, 0.5) is 5.82 Å². The molecule has 102 valence electrons. The zero-order chi connectivity index (χ0) is 14.0. The zero-order valence-corrected chi connectivity index (χ0v) is 13.0. The summed E-state index contributed by atoms with van der Waals surface area (Å²) in [5.41, 5.74) is 0.678. The van der Waals surface area contributed by atoms with E-state index in [0.717, 1.165) is 4.47 Å². The predicted molar refractivity (Wildman–Crippen MR) is 77.6 cm³/mol. The van der Waals surface area contributed by atoms with E-state index in [0.29, 0.717) is 17.9 Å². The Labute approximate surface area is 120 Å². The lowest BCUT2D eigenvalue weighted by molar-refractivity contribution is 0.600. The number of sulfonamides is 1. The molecule has 0 amide bonds. The summed E-state index contributed by atoms with van der Waals surface area (Å²) in [5, 5.41) is 4.10. The van der Waals surface area contributed by atoms with Gasteiger partial charge in [0, 0.05) is 23.3 Å². The molecule has 2 aromatic rings. The fourth-order valence-corrected chi connectivity index (χ4v) is 3.40. The molecule has 19 heavy (non-hydrogen) atoms. The number of nitrogens with one attached hydrogen (secondary N) is 1. The van der Waals surface area contributed by atoms with E-state index in [1.807, 2.05) is 6.92 Å². The first-order chi connectivity index (χ1) is 8.92. The molecule has 0 fully saturated rings. The van der Waals surface area contributed by atoms with Crippen LogP contribution in [0.1, 0.15) is 12.5 Å². The Balaban J connectivity index is 2.32. The predicted octanol–water partition coefficient (Wildman–Crippen LogP) is 2.77. The first-order valence-corrected chi connectivity index (χ1v) is 8.02. The van der Waals surface area contributed by atoms with Gasteiger partial charge >= 0.3 is 0 Å². The quantitative estimate of drug-likeness (QED) is 0.928. The van der Waals surface area contributed by atoms with E-state index < -0.39 is 10.0 Å². The smallest absolute Gasteiger partial charge is 0.263 e. The van der Waals surface area contributed by atoms with Crippen LogP contribution in [0.5, 0.6) is 0 Å². The molecule has 0 bridgehead atoms. The van der Waals surface area contributed by atoms with Gasteiger partial charge < -0.3 is 0 Å². The molecule has 0 aliphatic carbocycles. The van der Waals surface area contributed by atoms with Crippen molar-refractivity contribution >= 4 is 31.8 Å². The highest BCUT2D eigenvalue weighted by Crippen LogP contribution is 2.21. The monoisotopic (exact) mass is 343 g/mol. The second-order valence-corrected chi connectivity index (χ2v) is 6.64. The van der Waals surface area contributed by atoms with Gasteiger partial charge in [0.1, 0.15) is 0 Å². The van der Waals surface area contributed by atoms with Crippen LogP contribution < -0.4 is 4.72 Å². The van der Waals surface area contributed by atoms with Crippen molar-refractivity contribution in [3.8, 4) is 0 Å². The third-order valence-corrected chi connectivity index (χ3v) is 4.64. The van der Waals surface area contributed by atoms with Gasteiger partial charge in [-0.05, 0) is 37.6 Å². The maximum atomic E-state index is 12.3. The van der Waals surface area contributed by atoms with Gasteiger partial charge in [-0.15, -0.1) is 0 Å². The minimum atomic E-state index is -3.60. The summed E-state index contributed by atoms with van der Waals surface area (Å²) >= 11 is 3.31. The van der Waals surface area contributed by atoms with E-state index in [1.165, 1.54) is 0 Å². The van der Waals surface area contributed by atoms with Crippen LogP contribution in [0.25, 0.3) is 0 Å². The van der Waals surface area contributed by atoms with Gasteiger partial charge in [-0.1, -0.05) is 15.9 Å². The van der Waals surface area contributed by atoms with Crippen molar-refractivity contribution in [2.75, 3.05) is 4.72 Å². The maximum Gasteiger partial charge on any atom is 0.263 e. The minimum absolute atomic E-state index is 0.252. The van der Waals surface area contributed by atoms with Crippen LogP contribution in [-0.4, -0.2) is 18.2 Å². The van der Waals surface area contributed by atoms with Crippen molar-refractivity contribution in [1.82, 2.24) is 9.78 Å². The molecule has 0 spiro atoms. The molecule has 0 radical (unpaired) electrons. The third kappa shape index (κ3) is 3.16. The Kier molecular flexibility index (Phi) is 3.96. The van der Waals surface area contributed by atoms with Crippen LogP contribution in [0, 0.1) is 6.92 Å². The van der Waals surface area contributed by atoms with Gasteiger partial charge in [-0.25, -0.2) is 8.42 Å². The minimum Gasteiger partial charge on any atom is -0.271 e. The molecule has 0 aliphatic heterocycles. The van der Waals surface area contributed by atoms with Gasteiger partial charge in [-0.3, -0.25) is 9.40 Å². The van der Waals surface area contributed by atoms with Gasteiger partial charge in [0.15, 0.2) is 5.82 Å². The van der Waals surface area contributed by atoms with Crippen molar-refractivity contribution in [2.24, 2.45) is 0 Å². The fourth-order valence-electron chi connectivity index (χ4n) is 1.70. The maximum absolute atomic E-state index is 12.3. The van der Waals surface area contributed by atoms with Crippen molar-refractivity contribution in [3.63, 3.8) is 0 Å². The van der Waals surface area contributed by atoms with E-state index in [2.05, 4.69) is 25.8 Å². The molecule has 7 heteroatoms. The Morgan fingerprint density at radius 3 is 2.68 bits per heavy atom. The molecule has 1 heterocycles. The normalized spacial score (nSPS) is 11.5. The molecule has 2 rings (SSSR count). The Bertz CT molecular complexity index is 695. The Morgan fingerprint density at radius 1 is 1.37 bits per heavy atom. The Hall–Kier alpha value is -1.34. The largest absolute Gasteiger partial charge is 0.271 e. The zero-order valence-electron chi connectivity index (χ0n) is 10.6. The third-order valence-electron chi connectivity index (χ3n) is 2.63. The lowest BCUT2D eigenvalue weighted by Crippen LogP contribution is -2.15. The number of anilines is 1. The molecule has 0 saturated heterocycles. The highest BCUT2D eigenvalue weighted by molar-refractivity contribution is 9.10. The molecule has 5 nitrogen and oxygen atoms in total. The molecule has 1 aromatic carbocycles. The number of aromatic nitrogens is 2. The van der Waals surface area contributed by atoms with E-state index in [1.54, 1.807) is 42.1 Å². The number of hydrogen-bond acceptors (Lipinski definition) is 3. The van der Waals surface area contributed by atoms with Crippen LogP contribution in [0.15, 0.2) is 39.8 Å². The van der Waals surface area contributed by atoms with Crippen LogP contribution in [0.3, 0.4) is 0 Å². The Morgan fingerprint density at radius 2 is 2.11 bits per heavy atom. The van der Waals surface area contributed by atoms with E-state index >= 15 is 0 Å². The van der Waals surface area contributed by atoms with Crippen molar-refractivity contribution < 1.29 is 8.42 Å². The first kappa shape index (κ1) is 14.1. The van der Waals surface area contributed by atoms with Gasteiger partial charge in [0.05, 0.1) is 4.90 Å². The van der Waals surface area contributed by atoms with Crippen LogP contribution >= 0.6 is 15.9 Å². The number of nitrogens with zero attached hydrogens (tertiary/aromatic N) is 2. The number of halogens is 1. The molecule has 0 saturated carbocycles. The summed E-state index contributed by atoms with van der Waals surface area (Å²) in [4.78, 5) is 0.252. The number of rotatable bonds is 4. The molecule has 0 aliphatic rings. The van der Waals surface area contributed by atoms with Crippen LogP contribution in [0.2, 0.25) is 0 Å². The van der Waals surface area contributed by atoms with Gasteiger partial charge in [0.25, 0.3) is 10.0 Å². The SMILES string of the molecule is CCn1ccc(NS(=O)(=O)c2ccc(Br)cc2C)n1. The number of hydrogen-bond donors (Lipinski definition) is 1. The van der Waals surface area contributed by atoms with Crippen molar-refractivity contribution in [1.29, 1.82) is 0 Å². The highest BCUT2D eigenvalue weighted by Gasteiger charge is 2.18.